The van der Waals surface area contributed by atoms with Gasteiger partial charge in [0.05, 0.1) is 6.04 Å². The van der Waals surface area contributed by atoms with Crippen LogP contribution in [0.15, 0.2) is 54.6 Å². The quantitative estimate of drug-likeness (QED) is 0.561. The molecule has 2 amide bonds. The largest absolute Gasteiger partial charge is 0.322 e. The number of benzene rings is 2. The molecule has 1 N–H and O–H groups in total. The molecular weight excluding hydrogens is 383 g/mol. The molecule has 2 aromatic carbocycles. The molecule has 0 saturated heterocycles. The monoisotopic (exact) mass is 406 g/mol. The van der Waals surface area contributed by atoms with Crippen molar-refractivity contribution in [1.82, 2.24) is 4.90 Å². The second-order valence-electron chi connectivity index (χ2n) is 7.75. The second kappa shape index (κ2) is 7.64. The third-order valence-electron chi connectivity index (χ3n) is 5.95. The highest BCUT2D eigenvalue weighted by Crippen LogP contribution is 2.45. The van der Waals surface area contributed by atoms with Crippen LogP contribution in [0.3, 0.4) is 0 Å². The molecule has 0 radical (unpaired) electrons. The molecule has 5 heteroatoms. The van der Waals surface area contributed by atoms with Gasteiger partial charge in [-0.3, -0.25) is 0 Å². The molecule has 29 heavy (non-hydrogen) atoms. The number of rotatable bonds is 2. The first-order valence-corrected chi connectivity index (χ1v) is 11.0. The maximum Gasteiger partial charge on any atom is 0.322 e. The average Bonchev–Trinajstić information content (AvgIpc) is 3.13. The van der Waals surface area contributed by atoms with Crippen molar-refractivity contribution >= 4 is 23.1 Å². The lowest BCUT2D eigenvalue weighted by Gasteiger charge is -2.36. The Morgan fingerprint density at radius 2 is 1.72 bits per heavy atom. The van der Waals surface area contributed by atoms with E-state index in [9.17, 15) is 9.18 Å². The van der Waals surface area contributed by atoms with Gasteiger partial charge in [-0.1, -0.05) is 30.3 Å². The van der Waals surface area contributed by atoms with Gasteiger partial charge in [0.1, 0.15) is 5.82 Å². The zero-order chi connectivity index (χ0) is 19.8. The van der Waals surface area contributed by atoms with E-state index in [1.165, 1.54) is 45.9 Å². The van der Waals surface area contributed by atoms with Crippen molar-refractivity contribution in [2.75, 3.05) is 11.9 Å². The summed E-state index contributed by atoms with van der Waals surface area (Å²) in [7, 11) is 0. The number of thiophene rings is 1. The molecule has 148 valence electrons. The molecule has 0 fully saturated rings. The number of carbonyl (C=O) groups excluding carboxylic acids is 1. The zero-order valence-corrected chi connectivity index (χ0v) is 17.0. The lowest BCUT2D eigenvalue weighted by molar-refractivity contribution is 0.195. The van der Waals surface area contributed by atoms with Crippen LogP contribution in [0.1, 0.15) is 45.3 Å². The second-order valence-corrected chi connectivity index (χ2v) is 8.88. The summed E-state index contributed by atoms with van der Waals surface area (Å²) in [5, 5.41) is 3.03. The van der Waals surface area contributed by atoms with Gasteiger partial charge in [0.15, 0.2) is 0 Å². The van der Waals surface area contributed by atoms with E-state index in [0.29, 0.717) is 6.54 Å². The number of nitrogens with zero attached hydrogens (tertiary/aromatic N) is 1. The first kappa shape index (κ1) is 18.4. The fraction of sp³-hybridized carbons (Fsp3) is 0.292. The van der Waals surface area contributed by atoms with Gasteiger partial charge in [-0.15, -0.1) is 11.3 Å². The molecule has 3 nitrogen and oxygen atoms in total. The van der Waals surface area contributed by atoms with E-state index < -0.39 is 0 Å². The average molecular weight is 407 g/mol. The Morgan fingerprint density at radius 1 is 0.966 bits per heavy atom. The Morgan fingerprint density at radius 3 is 2.52 bits per heavy atom. The van der Waals surface area contributed by atoms with Crippen molar-refractivity contribution in [1.29, 1.82) is 0 Å². The number of anilines is 1. The minimum atomic E-state index is -0.254. The van der Waals surface area contributed by atoms with Gasteiger partial charge >= 0.3 is 6.03 Å². The van der Waals surface area contributed by atoms with Gasteiger partial charge < -0.3 is 10.2 Å². The third-order valence-corrected chi connectivity index (χ3v) is 7.33. The van der Waals surface area contributed by atoms with Crippen LogP contribution in [0.2, 0.25) is 0 Å². The van der Waals surface area contributed by atoms with E-state index in [1.807, 2.05) is 58.7 Å². The molecule has 0 spiro atoms. The van der Waals surface area contributed by atoms with Crippen LogP contribution in [-0.4, -0.2) is 17.5 Å². The highest BCUT2D eigenvalue weighted by Gasteiger charge is 2.36. The predicted molar refractivity (Wildman–Crippen MR) is 115 cm³/mol. The summed E-state index contributed by atoms with van der Waals surface area (Å²) in [5.74, 6) is -0.254. The molecule has 1 aromatic heterocycles. The summed E-state index contributed by atoms with van der Waals surface area (Å²) in [4.78, 5) is 17.9. The molecule has 0 bridgehead atoms. The molecule has 0 saturated carbocycles. The number of hydrogen-bond acceptors (Lipinski definition) is 2. The van der Waals surface area contributed by atoms with Crippen molar-refractivity contribution in [3.8, 4) is 0 Å². The highest BCUT2D eigenvalue weighted by molar-refractivity contribution is 7.12. The Labute approximate surface area is 174 Å². The van der Waals surface area contributed by atoms with Crippen LogP contribution in [0.4, 0.5) is 14.9 Å². The van der Waals surface area contributed by atoms with Crippen LogP contribution in [0, 0.1) is 5.82 Å². The van der Waals surface area contributed by atoms with E-state index in [-0.39, 0.29) is 17.9 Å². The van der Waals surface area contributed by atoms with E-state index in [2.05, 4.69) is 5.32 Å². The fourth-order valence-corrected chi connectivity index (χ4v) is 6.15. The van der Waals surface area contributed by atoms with Gasteiger partial charge in [-0.05, 0) is 73.1 Å². The molecule has 1 aliphatic heterocycles. The number of fused-ring (bicyclic) bond motifs is 3. The van der Waals surface area contributed by atoms with Crippen molar-refractivity contribution in [2.45, 2.75) is 38.1 Å². The number of hydrogen-bond donors (Lipinski definition) is 1. The molecule has 2 heterocycles. The van der Waals surface area contributed by atoms with Crippen molar-refractivity contribution in [2.24, 2.45) is 0 Å². The van der Waals surface area contributed by atoms with Crippen LogP contribution >= 0.6 is 11.3 Å². The van der Waals surface area contributed by atoms with E-state index in [1.54, 1.807) is 0 Å². The van der Waals surface area contributed by atoms with Gasteiger partial charge in [-0.25, -0.2) is 9.18 Å². The van der Waals surface area contributed by atoms with Gasteiger partial charge in [0.25, 0.3) is 0 Å². The summed E-state index contributed by atoms with van der Waals surface area (Å²) >= 11 is 1.86. The number of para-hydroxylation sites is 1. The number of nitrogens with one attached hydrogen (secondary N) is 1. The first-order valence-electron chi connectivity index (χ1n) is 10.2. The van der Waals surface area contributed by atoms with Crippen LogP contribution < -0.4 is 5.32 Å². The minimum Gasteiger partial charge on any atom is -0.312 e. The number of amides is 2. The van der Waals surface area contributed by atoms with Gasteiger partial charge in [-0.2, -0.15) is 0 Å². The maximum atomic E-state index is 13.6. The summed E-state index contributed by atoms with van der Waals surface area (Å²) < 4.78 is 13.6. The Kier molecular flexibility index (Phi) is 4.84. The normalized spacial score (nSPS) is 18.1. The molecule has 2 aliphatic rings. The summed E-state index contributed by atoms with van der Waals surface area (Å²) in [6.45, 7) is 0.664. The summed E-state index contributed by atoms with van der Waals surface area (Å²) in [5.41, 5.74) is 4.70. The number of aryl methyl sites for hydroxylation is 1. The maximum absolute atomic E-state index is 13.6. The van der Waals surface area contributed by atoms with Crippen LogP contribution in [-0.2, 0) is 19.3 Å². The number of carbonyl (C=O) groups is 1. The lowest BCUT2D eigenvalue weighted by atomic mass is 9.88. The predicted octanol–water partition coefficient (Wildman–Crippen LogP) is 5.95. The summed E-state index contributed by atoms with van der Waals surface area (Å²) in [6.07, 6.45) is 5.66. The zero-order valence-electron chi connectivity index (χ0n) is 16.2. The van der Waals surface area contributed by atoms with E-state index >= 15 is 0 Å². The van der Waals surface area contributed by atoms with Crippen molar-refractivity contribution < 1.29 is 9.18 Å². The summed E-state index contributed by atoms with van der Waals surface area (Å²) in [6, 6.07) is 15.9. The van der Waals surface area contributed by atoms with Crippen molar-refractivity contribution in [3.05, 3.63) is 86.9 Å². The van der Waals surface area contributed by atoms with Crippen molar-refractivity contribution in [3.63, 3.8) is 0 Å². The molecule has 1 aliphatic carbocycles. The smallest absolute Gasteiger partial charge is 0.312 e. The number of urea groups is 1. The molecule has 1 atom stereocenters. The molecular formula is C24H23FN2OS. The molecule has 0 unspecified atom stereocenters. The lowest BCUT2D eigenvalue weighted by Crippen LogP contribution is -2.42. The minimum absolute atomic E-state index is 0.109. The van der Waals surface area contributed by atoms with Crippen LogP contribution in [0.5, 0.6) is 0 Å². The SMILES string of the molecule is O=C(Nc1ccccc1)N1CCc2c(sc3c2CCCC3)[C@@H]1c1ccc(F)cc1. The molecule has 3 aromatic rings. The third kappa shape index (κ3) is 3.44. The van der Waals surface area contributed by atoms with Gasteiger partial charge in [0.2, 0.25) is 0 Å². The topological polar surface area (TPSA) is 32.3 Å². The van der Waals surface area contributed by atoms with Gasteiger partial charge in [0, 0.05) is 22.0 Å². The molecule has 5 rings (SSSR count). The fourth-order valence-electron chi connectivity index (χ4n) is 4.56. The Balaban J connectivity index is 1.55. The first-order chi connectivity index (χ1) is 14.2. The van der Waals surface area contributed by atoms with E-state index in [0.717, 1.165) is 30.5 Å². The van der Waals surface area contributed by atoms with E-state index in [4.69, 9.17) is 0 Å². The Bertz CT molecular complexity index is 1030. The standard InChI is InChI=1S/C24H23FN2OS/c25-17-12-10-16(11-13-17)22-23-20(19-8-4-5-9-21(19)29-23)14-15-27(22)24(28)26-18-6-2-1-3-7-18/h1-3,6-7,10-13,22H,4-5,8-9,14-15H2,(H,26,28)/t22-/m0/s1. The number of halogens is 1. The Hall–Kier alpha value is -2.66. The van der Waals surface area contributed by atoms with Crippen LogP contribution in [0.25, 0.3) is 0 Å². The highest BCUT2D eigenvalue weighted by atomic mass is 32.1.